The van der Waals surface area contributed by atoms with Crippen LogP contribution in [-0.4, -0.2) is 0 Å². The fourth-order valence-corrected chi connectivity index (χ4v) is 3.39. The van der Waals surface area contributed by atoms with E-state index in [9.17, 15) is 0 Å². The predicted molar refractivity (Wildman–Crippen MR) is 92.1 cm³/mol. The summed E-state index contributed by atoms with van der Waals surface area (Å²) >= 11 is 0. The van der Waals surface area contributed by atoms with Crippen LogP contribution in [0.4, 0.5) is 0 Å². The predicted octanol–water partition coefficient (Wildman–Crippen LogP) is 6.02. The fourth-order valence-electron chi connectivity index (χ4n) is 3.39. The van der Waals surface area contributed by atoms with Gasteiger partial charge in [-0.3, -0.25) is 0 Å². The van der Waals surface area contributed by atoms with Crippen LogP contribution in [0.1, 0.15) is 0 Å². The maximum Gasteiger partial charge on any atom is -0.0265 e. The Morgan fingerprint density at radius 2 is 1.10 bits per heavy atom. The van der Waals surface area contributed by atoms with E-state index in [0.29, 0.717) is 0 Å². The second kappa shape index (κ2) is 3.89. The highest BCUT2D eigenvalue weighted by Gasteiger charge is 2.00. The number of rotatable bonds is 0. The van der Waals surface area contributed by atoms with Crippen molar-refractivity contribution in [1.82, 2.24) is 0 Å². The highest BCUT2D eigenvalue weighted by atomic mass is 14.1. The molecule has 0 nitrogen and oxygen atoms in total. The Morgan fingerprint density at radius 1 is 0.524 bits per heavy atom. The summed E-state index contributed by atoms with van der Waals surface area (Å²) in [6.45, 7) is 0. The van der Waals surface area contributed by atoms with Gasteiger partial charge in [0.1, 0.15) is 0 Å². The van der Waals surface area contributed by atoms with Crippen LogP contribution in [0.5, 0.6) is 0 Å². The molecule has 0 heteroatoms. The number of benzene rings is 4. The molecule has 0 radical (unpaired) electrons. The first kappa shape index (κ1) is 11.0. The maximum absolute atomic E-state index is 2.32. The van der Waals surface area contributed by atoms with Gasteiger partial charge in [0.15, 0.2) is 0 Å². The lowest BCUT2D eigenvalue weighted by molar-refractivity contribution is 1.81. The Bertz CT molecular complexity index is 1040. The molecule has 0 atom stereocenters. The van der Waals surface area contributed by atoms with Crippen molar-refractivity contribution >= 4 is 43.1 Å². The summed E-state index contributed by atoms with van der Waals surface area (Å²) in [5.41, 5.74) is 0. The van der Waals surface area contributed by atoms with Crippen molar-refractivity contribution in [1.29, 1.82) is 0 Å². The summed E-state index contributed by atoms with van der Waals surface area (Å²) in [4.78, 5) is 0. The van der Waals surface area contributed by atoms with Crippen LogP contribution in [0.2, 0.25) is 0 Å². The van der Waals surface area contributed by atoms with Gasteiger partial charge >= 0.3 is 0 Å². The molecule has 0 aliphatic rings. The third-order valence-corrected chi connectivity index (χ3v) is 4.44. The van der Waals surface area contributed by atoms with Gasteiger partial charge in [0, 0.05) is 0 Å². The van der Waals surface area contributed by atoms with Crippen molar-refractivity contribution in [2.75, 3.05) is 0 Å². The molecule has 0 N–H and O–H groups in total. The molecule has 21 heavy (non-hydrogen) atoms. The van der Waals surface area contributed by atoms with Crippen molar-refractivity contribution < 1.29 is 0 Å². The number of hydrogen-bond acceptors (Lipinski definition) is 0. The molecule has 0 aliphatic heterocycles. The first-order valence-corrected chi connectivity index (χ1v) is 7.29. The highest BCUT2D eigenvalue weighted by Crippen LogP contribution is 2.34. The minimum atomic E-state index is 1.31. The Labute approximate surface area is 122 Å². The van der Waals surface area contributed by atoms with Crippen molar-refractivity contribution in [3.05, 3.63) is 78.9 Å². The van der Waals surface area contributed by atoms with Gasteiger partial charge < -0.3 is 0 Å². The van der Waals surface area contributed by atoms with Gasteiger partial charge in [0.25, 0.3) is 0 Å². The Morgan fingerprint density at radius 3 is 1.86 bits per heavy atom. The summed E-state index contributed by atoms with van der Waals surface area (Å²) in [6, 6.07) is 28.7. The molecule has 5 aromatic rings. The lowest BCUT2D eigenvalue weighted by atomic mass is 10.0. The van der Waals surface area contributed by atoms with Gasteiger partial charge in [0.2, 0.25) is 0 Å². The Hall–Kier alpha value is -2.73. The molecule has 0 saturated heterocycles. The van der Waals surface area contributed by atoms with Gasteiger partial charge in [0.05, 0.1) is 0 Å². The monoisotopic (exact) mass is 265 g/mol. The molecule has 0 aromatic heterocycles. The van der Waals surface area contributed by atoms with Crippen molar-refractivity contribution in [2.45, 2.75) is 0 Å². The van der Waals surface area contributed by atoms with Crippen molar-refractivity contribution in [3.63, 3.8) is 0 Å². The lowest BCUT2D eigenvalue weighted by Gasteiger charge is -2.06. The van der Waals surface area contributed by atoms with Gasteiger partial charge in [-0.25, -0.2) is 0 Å². The molecule has 0 heterocycles. The van der Waals surface area contributed by atoms with Gasteiger partial charge in [-0.1, -0.05) is 76.8 Å². The number of fused-ring (bicyclic) bond motifs is 5. The molecule has 98 valence electrons. The molecule has 0 unspecified atom stereocenters. The number of hydrogen-bond donors (Lipinski definition) is 0. The Balaban J connectivity index is 2.01. The summed E-state index contributed by atoms with van der Waals surface area (Å²) in [7, 11) is 0. The minimum Gasteiger partial charge on any atom is -0.121 e. The quantitative estimate of drug-likeness (QED) is 0.300. The van der Waals surface area contributed by atoms with E-state index in [2.05, 4.69) is 78.9 Å². The third kappa shape index (κ3) is 1.53. The topological polar surface area (TPSA) is 0 Å². The smallest absolute Gasteiger partial charge is 0.0265 e. The minimum absolute atomic E-state index is 1.31. The van der Waals surface area contributed by atoms with Crippen molar-refractivity contribution in [2.24, 2.45) is 0 Å². The molecule has 0 saturated carbocycles. The fraction of sp³-hybridized carbons (Fsp3) is 0. The molecule has 0 aliphatic carbocycles. The van der Waals surface area contributed by atoms with Crippen LogP contribution in [0.3, 0.4) is 0 Å². The Kier molecular flexibility index (Phi) is 2.04. The average Bonchev–Trinajstić information content (AvgIpc) is 2.87. The van der Waals surface area contributed by atoms with Crippen LogP contribution < -0.4 is 0 Å². The third-order valence-electron chi connectivity index (χ3n) is 4.44. The molecular weight excluding hydrogens is 252 g/mol. The maximum atomic E-state index is 2.32. The normalized spacial score (nSPS) is 11.8. The molecule has 0 fully saturated rings. The van der Waals surface area contributed by atoms with E-state index in [0.717, 1.165) is 0 Å². The summed E-state index contributed by atoms with van der Waals surface area (Å²) < 4.78 is 0. The first-order chi connectivity index (χ1) is 10.4. The SMILES string of the molecule is c1ccc2cc3c(cc2c1)c[c-]1cc2ccccc2cc31. The molecule has 5 aromatic carbocycles. The van der Waals surface area contributed by atoms with E-state index in [1.807, 2.05) is 0 Å². The van der Waals surface area contributed by atoms with Crippen molar-refractivity contribution in [3.8, 4) is 0 Å². The molecule has 0 bridgehead atoms. The van der Waals surface area contributed by atoms with Crippen LogP contribution in [0, 0.1) is 0 Å². The van der Waals surface area contributed by atoms with Crippen LogP contribution in [0.25, 0.3) is 43.1 Å². The second-order valence-electron chi connectivity index (χ2n) is 5.72. The van der Waals surface area contributed by atoms with Crippen LogP contribution >= 0.6 is 0 Å². The molecular formula is C21H13-. The van der Waals surface area contributed by atoms with Gasteiger partial charge in [-0.05, 0) is 10.8 Å². The van der Waals surface area contributed by atoms with Gasteiger partial charge in [-0.2, -0.15) is 0 Å². The highest BCUT2D eigenvalue weighted by molar-refractivity contribution is 6.18. The van der Waals surface area contributed by atoms with E-state index < -0.39 is 0 Å². The lowest BCUT2D eigenvalue weighted by Crippen LogP contribution is -1.73. The average molecular weight is 265 g/mol. The zero-order valence-corrected chi connectivity index (χ0v) is 11.5. The van der Waals surface area contributed by atoms with Crippen LogP contribution in [-0.2, 0) is 0 Å². The second-order valence-corrected chi connectivity index (χ2v) is 5.72. The first-order valence-electron chi connectivity index (χ1n) is 7.29. The van der Waals surface area contributed by atoms with E-state index in [-0.39, 0.29) is 0 Å². The standard InChI is InChI=1S/C21H13/c1-3-7-16-12-20-18(9-14(16)5-1)11-19-10-15-6-2-4-8-17(15)13-21(19)20/h1-13H/q-1. The zero-order chi connectivity index (χ0) is 13.8. The van der Waals surface area contributed by atoms with E-state index >= 15 is 0 Å². The van der Waals surface area contributed by atoms with Crippen LogP contribution in [0.15, 0.2) is 78.9 Å². The molecule has 0 spiro atoms. The molecule has 0 amide bonds. The summed E-state index contributed by atoms with van der Waals surface area (Å²) in [5.74, 6) is 0. The summed E-state index contributed by atoms with van der Waals surface area (Å²) in [6.07, 6.45) is 0. The van der Waals surface area contributed by atoms with E-state index in [1.54, 1.807) is 0 Å². The van der Waals surface area contributed by atoms with E-state index in [4.69, 9.17) is 0 Å². The summed E-state index contributed by atoms with van der Waals surface area (Å²) in [5, 5.41) is 10.6. The molecule has 5 rings (SSSR count). The largest absolute Gasteiger partial charge is 0.121 e. The van der Waals surface area contributed by atoms with Gasteiger partial charge in [-0.15, -0.1) is 34.4 Å². The van der Waals surface area contributed by atoms with E-state index in [1.165, 1.54) is 43.1 Å². The zero-order valence-electron chi connectivity index (χ0n) is 11.5.